The summed E-state index contributed by atoms with van der Waals surface area (Å²) in [4.78, 5) is 22.2. The maximum absolute atomic E-state index is 14.5. The largest absolute Gasteiger partial charge is 0.339 e. The zero-order valence-electron chi connectivity index (χ0n) is 16.0. The fraction of sp³-hybridized carbons (Fsp3) is 0.227. The highest BCUT2D eigenvalue weighted by Crippen LogP contribution is 2.34. The first-order valence-corrected chi connectivity index (χ1v) is 10.3. The van der Waals surface area contributed by atoms with E-state index in [1.807, 2.05) is 17.0 Å². The van der Waals surface area contributed by atoms with Gasteiger partial charge in [-0.05, 0) is 54.7 Å². The molecule has 1 saturated heterocycles. The van der Waals surface area contributed by atoms with E-state index in [1.54, 1.807) is 0 Å². The molecule has 1 amide bonds. The van der Waals surface area contributed by atoms with Gasteiger partial charge in [0.2, 0.25) is 5.91 Å². The number of nitrogens with one attached hydrogen (secondary N) is 1. The number of halogens is 3. The molecule has 1 aliphatic rings. The van der Waals surface area contributed by atoms with Crippen molar-refractivity contribution in [2.75, 3.05) is 18.4 Å². The Kier molecular flexibility index (Phi) is 5.88. The van der Waals surface area contributed by atoms with Gasteiger partial charge in [0.1, 0.15) is 12.1 Å². The predicted octanol–water partition coefficient (Wildman–Crippen LogP) is 5.71. The fourth-order valence-corrected chi connectivity index (χ4v) is 4.05. The summed E-state index contributed by atoms with van der Waals surface area (Å²) >= 11 is 11.8. The van der Waals surface area contributed by atoms with Crippen LogP contribution in [0.25, 0.3) is 10.9 Å². The lowest BCUT2D eigenvalue weighted by Crippen LogP contribution is -2.36. The average Bonchev–Trinajstić information content (AvgIpc) is 2.79. The molecule has 1 fully saturated rings. The van der Waals surface area contributed by atoms with Crippen molar-refractivity contribution >= 4 is 51.5 Å². The van der Waals surface area contributed by atoms with Crippen LogP contribution in [-0.2, 0) is 4.79 Å². The van der Waals surface area contributed by atoms with E-state index < -0.39 is 5.82 Å². The van der Waals surface area contributed by atoms with Crippen LogP contribution in [0.4, 0.5) is 15.9 Å². The van der Waals surface area contributed by atoms with Gasteiger partial charge in [-0.15, -0.1) is 0 Å². The summed E-state index contributed by atoms with van der Waals surface area (Å²) in [5, 5.41) is 3.80. The van der Waals surface area contributed by atoms with Gasteiger partial charge in [0.15, 0.2) is 5.82 Å². The average molecular weight is 445 g/mol. The number of nitrogens with zero attached hydrogens (tertiary/aromatic N) is 3. The molecule has 1 N–H and O–H groups in total. The smallest absolute Gasteiger partial charge is 0.245 e. The van der Waals surface area contributed by atoms with Gasteiger partial charge in [-0.25, -0.2) is 14.4 Å². The summed E-state index contributed by atoms with van der Waals surface area (Å²) in [5.41, 5.74) is 2.07. The number of fused-ring (bicyclic) bond motifs is 1. The van der Waals surface area contributed by atoms with Crippen LogP contribution < -0.4 is 5.32 Å². The van der Waals surface area contributed by atoms with E-state index in [0.29, 0.717) is 24.8 Å². The van der Waals surface area contributed by atoms with E-state index >= 15 is 0 Å². The number of benzene rings is 2. The molecule has 0 radical (unpaired) electrons. The van der Waals surface area contributed by atoms with Crippen molar-refractivity contribution in [1.29, 1.82) is 0 Å². The van der Waals surface area contributed by atoms with Crippen LogP contribution >= 0.6 is 23.2 Å². The number of hydrogen-bond acceptors (Lipinski definition) is 4. The molecule has 4 rings (SSSR count). The van der Waals surface area contributed by atoms with Crippen molar-refractivity contribution < 1.29 is 9.18 Å². The lowest BCUT2D eigenvalue weighted by Gasteiger charge is -2.31. The Morgan fingerprint density at radius 2 is 1.97 bits per heavy atom. The molecule has 0 spiro atoms. The Morgan fingerprint density at radius 1 is 1.20 bits per heavy atom. The molecule has 1 aliphatic heterocycles. The first kappa shape index (κ1) is 20.6. The number of amides is 1. The Hall–Kier alpha value is -2.70. The SMILES string of the molecule is C=CC(=O)N1CCC(c2ccc3ncnc(Nc4ccc(Cl)c(Cl)c4F)c3c2)CC1. The fourth-order valence-electron chi connectivity index (χ4n) is 3.74. The molecule has 30 heavy (non-hydrogen) atoms. The van der Waals surface area contributed by atoms with E-state index in [1.165, 1.54) is 24.5 Å². The third kappa shape index (κ3) is 3.98. The Labute approximate surface area is 183 Å². The van der Waals surface area contributed by atoms with E-state index in [2.05, 4.69) is 27.9 Å². The third-order valence-electron chi connectivity index (χ3n) is 5.40. The van der Waals surface area contributed by atoms with E-state index in [-0.39, 0.29) is 21.6 Å². The van der Waals surface area contributed by atoms with Gasteiger partial charge in [-0.1, -0.05) is 35.8 Å². The molecular weight excluding hydrogens is 426 g/mol. The molecule has 2 heterocycles. The second kappa shape index (κ2) is 8.58. The topological polar surface area (TPSA) is 58.1 Å². The Balaban J connectivity index is 1.63. The summed E-state index contributed by atoms with van der Waals surface area (Å²) in [7, 11) is 0. The summed E-state index contributed by atoms with van der Waals surface area (Å²) in [6, 6.07) is 9.07. The van der Waals surface area contributed by atoms with Gasteiger partial charge in [0.05, 0.1) is 21.2 Å². The van der Waals surface area contributed by atoms with E-state index in [0.717, 1.165) is 29.3 Å². The molecule has 0 unspecified atom stereocenters. The van der Waals surface area contributed by atoms with Gasteiger partial charge >= 0.3 is 0 Å². The molecule has 3 aromatic rings. The normalized spacial score (nSPS) is 14.7. The molecular formula is C22H19Cl2FN4O. The predicted molar refractivity (Wildman–Crippen MR) is 118 cm³/mol. The van der Waals surface area contributed by atoms with Gasteiger partial charge in [0.25, 0.3) is 0 Å². The number of likely N-dealkylation sites (tertiary alicyclic amines) is 1. The first-order valence-electron chi connectivity index (χ1n) is 9.54. The van der Waals surface area contributed by atoms with Gasteiger partial charge < -0.3 is 10.2 Å². The summed E-state index contributed by atoms with van der Waals surface area (Å²) in [6.07, 6.45) is 4.51. The number of piperidine rings is 1. The number of carbonyl (C=O) groups excluding carboxylic acids is 1. The third-order valence-corrected chi connectivity index (χ3v) is 6.18. The Bertz CT molecular complexity index is 1130. The highest BCUT2D eigenvalue weighted by atomic mass is 35.5. The van der Waals surface area contributed by atoms with Crippen molar-refractivity contribution in [3.63, 3.8) is 0 Å². The standard InChI is InChI=1S/C22H19Cl2FN4O/c1-2-19(30)29-9-7-13(8-10-29)14-3-5-17-15(11-14)22(27-12-26-17)28-18-6-4-16(23)20(24)21(18)25/h2-6,11-13H,1,7-10H2,(H,26,27,28). The number of aromatic nitrogens is 2. The van der Waals surface area contributed by atoms with Gasteiger partial charge in [0, 0.05) is 18.5 Å². The van der Waals surface area contributed by atoms with Crippen LogP contribution in [0.2, 0.25) is 10.0 Å². The summed E-state index contributed by atoms with van der Waals surface area (Å²) < 4.78 is 14.5. The number of hydrogen-bond donors (Lipinski definition) is 1. The minimum absolute atomic E-state index is 0.0319. The first-order chi connectivity index (χ1) is 14.5. The number of anilines is 2. The number of carbonyl (C=O) groups is 1. The second-order valence-corrected chi connectivity index (χ2v) is 7.94. The zero-order valence-corrected chi connectivity index (χ0v) is 17.5. The molecule has 0 bridgehead atoms. The highest BCUT2D eigenvalue weighted by Gasteiger charge is 2.23. The van der Waals surface area contributed by atoms with Crippen molar-refractivity contribution in [2.45, 2.75) is 18.8 Å². The summed E-state index contributed by atoms with van der Waals surface area (Å²) in [5.74, 6) is 0.137. The van der Waals surface area contributed by atoms with Crippen molar-refractivity contribution in [3.8, 4) is 0 Å². The minimum Gasteiger partial charge on any atom is -0.339 e. The second-order valence-electron chi connectivity index (χ2n) is 7.15. The molecule has 5 nitrogen and oxygen atoms in total. The maximum atomic E-state index is 14.5. The molecule has 154 valence electrons. The molecule has 0 aliphatic carbocycles. The molecule has 8 heteroatoms. The van der Waals surface area contributed by atoms with Crippen LogP contribution in [0, 0.1) is 5.82 Å². The van der Waals surface area contributed by atoms with E-state index in [9.17, 15) is 9.18 Å². The minimum atomic E-state index is -0.633. The van der Waals surface area contributed by atoms with Crippen molar-refractivity contribution in [1.82, 2.24) is 14.9 Å². The molecule has 1 aromatic heterocycles. The zero-order chi connectivity index (χ0) is 21.3. The quantitative estimate of drug-likeness (QED) is 0.413. The van der Waals surface area contributed by atoms with Crippen LogP contribution in [0.3, 0.4) is 0 Å². The lowest BCUT2D eigenvalue weighted by atomic mass is 9.88. The van der Waals surface area contributed by atoms with Crippen molar-refractivity contribution in [3.05, 3.63) is 70.7 Å². The molecule has 0 saturated carbocycles. The molecule has 0 atom stereocenters. The maximum Gasteiger partial charge on any atom is 0.245 e. The molecule has 2 aromatic carbocycles. The van der Waals surface area contributed by atoms with E-state index in [4.69, 9.17) is 23.2 Å². The highest BCUT2D eigenvalue weighted by molar-refractivity contribution is 6.42. The Morgan fingerprint density at radius 3 is 2.70 bits per heavy atom. The summed E-state index contributed by atoms with van der Waals surface area (Å²) in [6.45, 7) is 4.94. The van der Waals surface area contributed by atoms with Crippen LogP contribution in [0.15, 0.2) is 49.3 Å². The monoisotopic (exact) mass is 444 g/mol. The van der Waals surface area contributed by atoms with Crippen LogP contribution in [0.1, 0.15) is 24.3 Å². The van der Waals surface area contributed by atoms with Gasteiger partial charge in [-0.2, -0.15) is 0 Å². The van der Waals surface area contributed by atoms with Crippen molar-refractivity contribution in [2.24, 2.45) is 0 Å². The van der Waals surface area contributed by atoms with Crippen LogP contribution in [-0.4, -0.2) is 33.9 Å². The van der Waals surface area contributed by atoms with Crippen LogP contribution in [0.5, 0.6) is 0 Å². The van der Waals surface area contributed by atoms with Gasteiger partial charge in [-0.3, -0.25) is 4.79 Å². The number of rotatable bonds is 4. The lowest BCUT2D eigenvalue weighted by molar-refractivity contribution is -0.127.